The number of rotatable bonds is 6. The van der Waals surface area contributed by atoms with Gasteiger partial charge in [-0.3, -0.25) is 4.79 Å². The summed E-state index contributed by atoms with van der Waals surface area (Å²) in [6, 6.07) is 12.1. The molecule has 2 aromatic carbocycles. The van der Waals surface area contributed by atoms with Gasteiger partial charge in [0.15, 0.2) is 0 Å². The molecule has 4 rings (SSSR count). The van der Waals surface area contributed by atoms with Crippen molar-refractivity contribution in [2.75, 3.05) is 13.1 Å². The Morgan fingerprint density at radius 2 is 1.90 bits per heavy atom. The number of nitrogens with zero attached hydrogens (tertiary/aromatic N) is 3. The van der Waals surface area contributed by atoms with Gasteiger partial charge in [0.05, 0.1) is 16.6 Å². The molecule has 158 valence electrons. The van der Waals surface area contributed by atoms with Gasteiger partial charge in [0.25, 0.3) is 5.91 Å². The van der Waals surface area contributed by atoms with Gasteiger partial charge in [0.2, 0.25) is 10.0 Å². The van der Waals surface area contributed by atoms with Crippen LogP contribution in [0, 0.1) is 6.92 Å². The lowest BCUT2D eigenvalue weighted by Crippen LogP contribution is -2.45. The maximum atomic E-state index is 13.2. The minimum atomic E-state index is -3.54. The van der Waals surface area contributed by atoms with Crippen molar-refractivity contribution in [2.45, 2.75) is 43.5 Å². The van der Waals surface area contributed by atoms with E-state index in [4.69, 9.17) is 0 Å². The minimum Gasteiger partial charge on any atom is -0.352 e. The summed E-state index contributed by atoms with van der Waals surface area (Å²) in [7, 11) is -3.54. The number of hydrogen-bond acceptors (Lipinski definition) is 6. The molecule has 1 N–H and O–H groups in total. The van der Waals surface area contributed by atoms with Gasteiger partial charge >= 0.3 is 0 Å². The molecule has 1 amide bonds. The molecule has 3 aromatic rings. The zero-order valence-electron chi connectivity index (χ0n) is 16.7. The molecule has 7 nitrogen and oxygen atoms in total. The molecule has 30 heavy (non-hydrogen) atoms. The number of fused-ring (bicyclic) bond motifs is 1. The number of aryl methyl sites for hydroxylation is 1. The van der Waals surface area contributed by atoms with Gasteiger partial charge in [-0.05, 0) is 56.5 Å². The molecule has 0 radical (unpaired) electrons. The highest BCUT2D eigenvalue weighted by Crippen LogP contribution is 2.27. The van der Waals surface area contributed by atoms with Gasteiger partial charge in [-0.1, -0.05) is 24.1 Å². The fraction of sp³-hybridized carbons (Fsp3) is 0.381. The molecule has 0 bridgehead atoms. The summed E-state index contributed by atoms with van der Waals surface area (Å²) in [6.07, 6.45) is 3.23. The van der Waals surface area contributed by atoms with Crippen molar-refractivity contribution < 1.29 is 13.2 Å². The van der Waals surface area contributed by atoms with Crippen molar-refractivity contribution in [2.24, 2.45) is 0 Å². The second kappa shape index (κ2) is 8.79. The summed E-state index contributed by atoms with van der Waals surface area (Å²) in [6.45, 7) is 2.87. The largest absolute Gasteiger partial charge is 0.352 e. The molecule has 1 aliphatic rings. The Morgan fingerprint density at radius 1 is 1.13 bits per heavy atom. The van der Waals surface area contributed by atoms with Crippen LogP contribution in [-0.2, 0) is 10.0 Å². The maximum Gasteiger partial charge on any atom is 0.251 e. The van der Waals surface area contributed by atoms with Crippen molar-refractivity contribution in [3.8, 4) is 0 Å². The Hall–Kier alpha value is -2.36. The number of aromatic nitrogens is 2. The first-order valence-corrected chi connectivity index (χ1v) is 12.2. The molecule has 1 aliphatic heterocycles. The van der Waals surface area contributed by atoms with Crippen LogP contribution in [0.2, 0.25) is 0 Å². The van der Waals surface area contributed by atoms with Crippen LogP contribution in [0.3, 0.4) is 0 Å². The van der Waals surface area contributed by atoms with Crippen LogP contribution in [0.1, 0.15) is 41.6 Å². The van der Waals surface area contributed by atoms with Gasteiger partial charge < -0.3 is 5.32 Å². The molecule has 0 spiro atoms. The van der Waals surface area contributed by atoms with Crippen LogP contribution < -0.4 is 5.32 Å². The van der Waals surface area contributed by atoms with Crippen molar-refractivity contribution >= 4 is 38.7 Å². The summed E-state index contributed by atoms with van der Waals surface area (Å²) in [5, 5.41) is 2.92. The maximum absolute atomic E-state index is 13.2. The average Bonchev–Trinajstić information content (AvgIpc) is 3.22. The lowest BCUT2D eigenvalue weighted by Gasteiger charge is -2.34. The molecular weight excluding hydrogens is 420 g/mol. The molecule has 1 unspecified atom stereocenters. The van der Waals surface area contributed by atoms with Crippen LogP contribution in [0.25, 0.3) is 11.0 Å². The average molecular weight is 445 g/mol. The van der Waals surface area contributed by atoms with E-state index in [1.54, 1.807) is 34.6 Å². The number of sulfonamides is 1. The number of hydrogen-bond donors (Lipinski definition) is 1. The smallest absolute Gasteiger partial charge is 0.251 e. The normalized spacial score (nSPS) is 17.8. The molecule has 9 heteroatoms. The zero-order valence-corrected chi connectivity index (χ0v) is 18.4. The van der Waals surface area contributed by atoms with E-state index in [2.05, 4.69) is 14.1 Å². The highest BCUT2D eigenvalue weighted by molar-refractivity contribution is 7.89. The summed E-state index contributed by atoms with van der Waals surface area (Å²) in [5.74, 6) is -0.186. The third-order valence-corrected chi connectivity index (χ3v) is 8.00. The predicted octanol–water partition coefficient (Wildman–Crippen LogP) is 3.36. The first kappa shape index (κ1) is 20.9. The molecular formula is C21H24N4O3S2. The lowest BCUT2D eigenvalue weighted by atomic mass is 10.0. The molecule has 1 saturated heterocycles. The standard InChI is InChI=1S/C21H24N4O3S2/c1-15-5-8-18(9-6-15)30(27,28)25-13-3-2-4-17(25)11-12-22-21(26)16-7-10-19-20(14-16)24-29-23-19/h5-10,14,17H,2-4,11-13H2,1H3,(H,22,26). The van der Waals surface area contributed by atoms with Gasteiger partial charge in [-0.25, -0.2) is 8.42 Å². The molecule has 0 saturated carbocycles. The van der Waals surface area contributed by atoms with Crippen LogP contribution >= 0.6 is 11.7 Å². The van der Waals surface area contributed by atoms with E-state index in [9.17, 15) is 13.2 Å². The second-order valence-corrected chi connectivity index (χ2v) is 10.0. The van der Waals surface area contributed by atoms with Gasteiger partial charge in [-0.2, -0.15) is 13.1 Å². The topological polar surface area (TPSA) is 92.3 Å². The monoisotopic (exact) mass is 444 g/mol. The fourth-order valence-corrected chi connectivity index (χ4v) is 6.04. The highest BCUT2D eigenvalue weighted by Gasteiger charge is 2.33. The zero-order chi connectivity index (χ0) is 21.1. The Labute approximate surface area is 180 Å². The van der Waals surface area contributed by atoms with Crippen molar-refractivity contribution in [3.63, 3.8) is 0 Å². The Balaban J connectivity index is 1.41. The van der Waals surface area contributed by atoms with Gasteiger partial charge in [-0.15, -0.1) is 0 Å². The van der Waals surface area contributed by atoms with Crippen LogP contribution in [0.5, 0.6) is 0 Å². The molecule has 1 atom stereocenters. The SMILES string of the molecule is Cc1ccc(S(=O)(=O)N2CCCCC2CCNC(=O)c2ccc3nsnc3c2)cc1. The van der Waals surface area contributed by atoms with Crippen molar-refractivity contribution in [1.29, 1.82) is 0 Å². The van der Waals surface area contributed by atoms with E-state index in [1.807, 2.05) is 19.1 Å². The number of carbonyl (C=O) groups is 1. The van der Waals surface area contributed by atoms with E-state index in [0.29, 0.717) is 35.5 Å². The van der Waals surface area contributed by atoms with E-state index < -0.39 is 10.0 Å². The van der Waals surface area contributed by atoms with Crippen molar-refractivity contribution in [1.82, 2.24) is 18.4 Å². The van der Waals surface area contributed by atoms with Gasteiger partial charge in [0, 0.05) is 24.7 Å². The molecule has 2 heterocycles. The molecule has 0 aliphatic carbocycles. The summed E-state index contributed by atoms with van der Waals surface area (Å²) < 4.78 is 36.2. The Kier molecular flexibility index (Phi) is 6.12. The van der Waals surface area contributed by atoms with E-state index in [1.165, 1.54) is 0 Å². The first-order chi connectivity index (χ1) is 14.4. The number of nitrogens with one attached hydrogen (secondary N) is 1. The fourth-order valence-electron chi connectivity index (χ4n) is 3.80. The van der Waals surface area contributed by atoms with Crippen molar-refractivity contribution in [3.05, 3.63) is 53.6 Å². The van der Waals surface area contributed by atoms with Crippen LogP contribution in [0.4, 0.5) is 0 Å². The van der Waals surface area contributed by atoms with Crippen LogP contribution in [0.15, 0.2) is 47.4 Å². The number of carbonyl (C=O) groups excluding carboxylic acids is 1. The second-order valence-electron chi connectivity index (χ2n) is 7.59. The quantitative estimate of drug-likeness (QED) is 0.629. The van der Waals surface area contributed by atoms with E-state index in [-0.39, 0.29) is 11.9 Å². The van der Waals surface area contributed by atoms with E-state index >= 15 is 0 Å². The Morgan fingerprint density at radius 3 is 2.70 bits per heavy atom. The lowest BCUT2D eigenvalue weighted by molar-refractivity contribution is 0.0949. The molecule has 1 aromatic heterocycles. The third kappa shape index (κ3) is 4.38. The molecule has 1 fully saturated rings. The van der Waals surface area contributed by atoms with E-state index in [0.717, 1.165) is 42.1 Å². The predicted molar refractivity (Wildman–Crippen MR) is 117 cm³/mol. The Bertz CT molecular complexity index is 1140. The third-order valence-electron chi connectivity index (χ3n) is 5.48. The number of benzene rings is 2. The first-order valence-electron chi connectivity index (χ1n) is 10.0. The highest BCUT2D eigenvalue weighted by atomic mass is 32.2. The summed E-state index contributed by atoms with van der Waals surface area (Å²) in [5.41, 5.74) is 3.03. The van der Waals surface area contributed by atoms with Gasteiger partial charge in [0.1, 0.15) is 11.0 Å². The minimum absolute atomic E-state index is 0.115. The summed E-state index contributed by atoms with van der Waals surface area (Å²) in [4.78, 5) is 12.8. The summed E-state index contributed by atoms with van der Waals surface area (Å²) >= 11 is 1.12. The number of amides is 1. The number of piperidine rings is 1. The van der Waals surface area contributed by atoms with Crippen LogP contribution in [-0.4, -0.2) is 46.5 Å².